The highest BCUT2D eigenvalue weighted by atomic mass is 35.5. The van der Waals surface area contributed by atoms with Crippen molar-refractivity contribution in [3.05, 3.63) is 70.4 Å². The molecular weight excluding hydrogens is 390 g/mol. The van der Waals surface area contributed by atoms with Crippen LogP contribution in [0, 0.1) is 0 Å². The Morgan fingerprint density at radius 1 is 1.14 bits per heavy atom. The van der Waals surface area contributed by atoms with E-state index in [0.717, 1.165) is 35.2 Å². The third-order valence-corrected chi connectivity index (χ3v) is 5.46. The van der Waals surface area contributed by atoms with E-state index < -0.39 is 6.04 Å². The van der Waals surface area contributed by atoms with Crippen LogP contribution in [0.2, 0.25) is 5.02 Å². The largest absolute Gasteiger partial charge is 0.423 e. The smallest absolute Gasteiger partial charge is 0.302 e. The number of aliphatic imine (C=N–C) groups is 1. The van der Waals surface area contributed by atoms with E-state index in [1.807, 2.05) is 48.5 Å². The van der Waals surface area contributed by atoms with Crippen molar-refractivity contribution in [3.63, 3.8) is 0 Å². The summed E-state index contributed by atoms with van der Waals surface area (Å²) in [7, 11) is 0. The number of fused-ring (bicyclic) bond motifs is 1. The van der Waals surface area contributed by atoms with Gasteiger partial charge in [0.05, 0.1) is 5.71 Å². The third-order valence-electron chi connectivity index (χ3n) is 5.12. The van der Waals surface area contributed by atoms with Crippen molar-refractivity contribution in [1.29, 1.82) is 0 Å². The summed E-state index contributed by atoms with van der Waals surface area (Å²) in [6.45, 7) is 0. The van der Waals surface area contributed by atoms with Gasteiger partial charge < -0.3 is 14.9 Å². The van der Waals surface area contributed by atoms with Crippen molar-refractivity contribution in [2.45, 2.75) is 25.3 Å². The quantitative estimate of drug-likeness (QED) is 0.416. The minimum absolute atomic E-state index is 0.353. The molecule has 0 fully saturated rings. The van der Waals surface area contributed by atoms with Crippen molar-refractivity contribution in [2.24, 2.45) is 10.1 Å². The highest BCUT2D eigenvalue weighted by Crippen LogP contribution is 2.39. The van der Waals surface area contributed by atoms with E-state index in [-0.39, 0.29) is 0 Å². The second kappa shape index (κ2) is 7.25. The zero-order valence-corrected chi connectivity index (χ0v) is 16.1. The topological polar surface area (TPSA) is 95.0 Å². The summed E-state index contributed by atoms with van der Waals surface area (Å²) < 4.78 is 5.76. The number of nitrogens with zero attached hydrogens (tertiary/aromatic N) is 3. The number of para-hydroxylation sites is 2. The minimum Gasteiger partial charge on any atom is -0.423 e. The summed E-state index contributed by atoms with van der Waals surface area (Å²) in [5.41, 5.74) is 4.77. The van der Waals surface area contributed by atoms with Gasteiger partial charge in [0.1, 0.15) is 11.6 Å². The number of guanidine groups is 1. The van der Waals surface area contributed by atoms with Gasteiger partial charge in [-0.3, -0.25) is 5.32 Å². The van der Waals surface area contributed by atoms with Gasteiger partial charge in [0.25, 0.3) is 0 Å². The highest BCUT2D eigenvalue weighted by Gasteiger charge is 2.33. The zero-order chi connectivity index (χ0) is 19.8. The molecule has 1 atom stereocenters. The van der Waals surface area contributed by atoms with Gasteiger partial charge in [0.15, 0.2) is 5.58 Å². The molecule has 2 aromatic carbocycles. The van der Waals surface area contributed by atoms with Gasteiger partial charge in [-0.1, -0.05) is 47.1 Å². The van der Waals surface area contributed by atoms with Crippen LogP contribution in [0.15, 0.2) is 74.4 Å². The molecule has 1 unspecified atom stereocenters. The predicted molar refractivity (Wildman–Crippen MR) is 112 cm³/mol. The Morgan fingerprint density at radius 3 is 2.79 bits per heavy atom. The first-order valence-electron chi connectivity index (χ1n) is 9.39. The number of allylic oxidation sites excluding steroid dienone is 1. The molecule has 3 aromatic rings. The summed E-state index contributed by atoms with van der Waals surface area (Å²) >= 11 is 6.48. The first-order valence-corrected chi connectivity index (χ1v) is 9.77. The van der Waals surface area contributed by atoms with Crippen LogP contribution in [0.4, 0.5) is 6.01 Å². The molecule has 29 heavy (non-hydrogen) atoms. The van der Waals surface area contributed by atoms with Crippen molar-refractivity contribution in [3.8, 4) is 0 Å². The van der Waals surface area contributed by atoms with Crippen LogP contribution in [-0.4, -0.2) is 21.9 Å². The number of hydrogen-bond acceptors (Lipinski definition) is 7. The van der Waals surface area contributed by atoms with E-state index in [2.05, 4.69) is 20.8 Å². The maximum atomic E-state index is 9.55. The molecule has 1 aromatic heterocycles. The lowest BCUT2D eigenvalue weighted by atomic mass is 9.85. The molecule has 0 saturated carbocycles. The fraction of sp³-hybridized carbons (Fsp3) is 0.190. The van der Waals surface area contributed by atoms with Gasteiger partial charge in [0, 0.05) is 16.3 Å². The molecule has 7 nitrogen and oxygen atoms in total. The van der Waals surface area contributed by atoms with Crippen LogP contribution < -0.4 is 10.6 Å². The molecule has 8 heteroatoms. The molecule has 2 aliphatic rings. The monoisotopic (exact) mass is 407 g/mol. The predicted octanol–water partition coefficient (Wildman–Crippen LogP) is 4.86. The average molecular weight is 408 g/mol. The van der Waals surface area contributed by atoms with Crippen molar-refractivity contribution in [2.75, 3.05) is 5.32 Å². The van der Waals surface area contributed by atoms with Gasteiger partial charge in [-0.15, -0.1) is 0 Å². The lowest BCUT2D eigenvalue weighted by molar-refractivity contribution is 0.316. The van der Waals surface area contributed by atoms with Crippen LogP contribution >= 0.6 is 11.6 Å². The first kappa shape index (κ1) is 17.8. The Bertz CT molecular complexity index is 1150. The Kier molecular flexibility index (Phi) is 4.44. The summed E-state index contributed by atoms with van der Waals surface area (Å²) in [6, 6.07) is 15.1. The lowest BCUT2D eigenvalue weighted by Crippen LogP contribution is -2.38. The van der Waals surface area contributed by atoms with Crippen molar-refractivity contribution >= 4 is 40.4 Å². The number of benzene rings is 2. The van der Waals surface area contributed by atoms with E-state index in [9.17, 15) is 5.21 Å². The molecule has 1 aliphatic heterocycles. The summed E-state index contributed by atoms with van der Waals surface area (Å²) in [6.07, 6.45) is 2.40. The lowest BCUT2D eigenvalue weighted by Gasteiger charge is -2.31. The van der Waals surface area contributed by atoms with Crippen molar-refractivity contribution < 1.29 is 9.62 Å². The van der Waals surface area contributed by atoms with E-state index >= 15 is 0 Å². The van der Waals surface area contributed by atoms with Crippen molar-refractivity contribution in [1.82, 2.24) is 10.3 Å². The molecule has 1 aliphatic carbocycles. The number of anilines is 1. The van der Waals surface area contributed by atoms with E-state index in [1.54, 1.807) is 0 Å². The minimum atomic E-state index is -0.391. The second-order valence-corrected chi connectivity index (χ2v) is 7.34. The number of nitrogens with one attached hydrogen (secondary N) is 2. The molecule has 0 amide bonds. The standard InChI is InChI=1S/C21H18ClN5O2/c22-13-7-2-1-6-12(13)19-18-15(9-5-10-16(18)27-28)23-20(25-19)26-21-24-14-8-3-4-11-17(14)29-21/h1-4,6-8,11,19,28H,5,9-10H2,(H2,23,24,25,26)/b27-16+. The summed E-state index contributed by atoms with van der Waals surface area (Å²) in [5.74, 6) is 0.513. The van der Waals surface area contributed by atoms with Gasteiger partial charge in [0.2, 0.25) is 5.96 Å². The van der Waals surface area contributed by atoms with Gasteiger partial charge in [-0.2, -0.15) is 4.98 Å². The number of oxime groups is 1. The molecular formula is C21H18ClN5O2. The van der Waals surface area contributed by atoms with Gasteiger partial charge in [-0.05, 0) is 43.0 Å². The van der Waals surface area contributed by atoms with Crippen LogP contribution in [0.1, 0.15) is 30.9 Å². The highest BCUT2D eigenvalue weighted by molar-refractivity contribution is 6.31. The molecule has 3 N–H and O–H groups in total. The normalized spacial score (nSPS) is 20.4. The molecule has 5 rings (SSSR count). The SMILES string of the molecule is O/N=C1\CCCC2=C1C(c1ccccc1Cl)N=C(Nc1nc3ccccc3o1)N2. The Morgan fingerprint density at radius 2 is 1.97 bits per heavy atom. The number of rotatable bonds is 2. The fourth-order valence-electron chi connectivity index (χ4n) is 3.81. The molecule has 146 valence electrons. The van der Waals surface area contributed by atoms with Crippen LogP contribution in [-0.2, 0) is 0 Å². The molecule has 0 bridgehead atoms. The number of hydrogen-bond donors (Lipinski definition) is 3. The maximum Gasteiger partial charge on any atom is 0.302 e. The van der Waals surface area contributed by atoms with Gasteiger partial charge >= 0.3 is 6.01 Å². The average Bonchev–Trinajstić information content (AvgIpc) is 3.15. The van der Waals surface area contributed by atoms with E-state index in [4.69, 9.17) is 21.0 Å². The Labute approximate surface area is 171 Å². The molecule has 0 spiro atoms. The Hall–Kier alpha value is -3.32. The fourth-order valence-corrected chi connectivity index (χ4v) is 4.05. The number of oxazole rings is 1. The maximum absolute atomic E-state index is 9.55. The number of halogens is 1. The molecule has 0 saturated heterocycles. The third kappa shape index (κ3) is 3.23. The summed E-state index contributed by atoms with van der Waals surface area (Å²) in [5, 5.41) is 20.1. The van der Waals surface area contributed by atoms with Crippen LogP contribution in [0.3, 0.4) is 0 Å². The van der Waals surface area contributed by atoms with E-state index in [0.29, 0.717) is 34.7 Å². The first-order chi connectivity index (χ1) is 14.2. The summed E-state index contributed by atoms with van der Waals surface area (Å²) in [4.78, 5) is 9.27. The molecule has 0 radical (unpaired) electrons. The number of aromatic nitrogens is 1. The van der Waals surface area contributed by atoms with Crippen LogP contribution in [0.25, 0.3) is 11.1 Å². The van der Waals surface area contributed by atoms with E-state index in [1.165, 1.54) is 0 Å². The van der Waals surface area contributed by atoms with Gasteiger partial charge in [-0.25, -0.2) is 4.99 Å². The Balaban J connectivity index is 1.56. The second-order valence-electron chi connectivity index (χ2n) is 6.93. The zero-order valence-electron chi connectivity index (χ0n) is 15.4. The molecule has 2 heterocycles. The van der Waals surface area contributed by atoms with Crippen LogP contribution in [0.5, 0.6) is 0 Å².